The fraction of sp³-hybridized carbons (Fsp3) is 0.333. The van der Waals surface area contributed by atoms with Crippen LogP contribution in [0.1, 0.15) is 31.2 Å². The van der Waals surface area contributed by atoms with Crippen molar-refractivity contribution in [3.05, 3.63) is 28.7 Å². The summed E-state index contributed by atoms with van der Waals surface area (Å²) < 4.78 is 0.372. The van der Waals surface area contributed by atoms with Gasteiger partial charge in [0.25, 0.3) is 5.91 Å². The Labute approximate surface area is 171 Å². The SMILES string of the molecule is O=C(O)CCCNC(=O)CCCN1C(=O)/C(=C/c2ccc(O)cc2O)SC1=S. The average molecular weight is 425 g/mol. The van der Waals surface area contributed by atoms with Gasteiger partial charge in [0, 0.05) is 37.6 Å². The topological polar surface area (TPSA) is 127 Å². The first kappa shape index (κ1) is 21.7. The molecule has 0 aliphatic carbocycles. The van der Waals surface area contributed by atoms with Crippen molar-refractivity contribution in [1.29, 1.82) is 0 Å². The van der Waals surface area contributed by atoms with Crippen molar-refractivity contribution in [2.75, 3.05) is 13.1 Å². The average Bonchev–Trinajstić information content (AvgIpc) is 2.88. The molecule has 8 nitrogen and oxygen atoms in total. The summed E-state index contributed by atoms with van der Waals surface area (Å²) in [7, 11) is 0. The first-order chi connectivity index (χ1) is 13.3. The van der Waals surface area contributed by atoms with Gasteiger partial charge in [0.1, 0.15) is 15.8 Å². The number of hydrogen-bond acceptors (Lipinski definition) is 7. The number of hydrogen-bond donors (Lipinski definition) is 4. The van der Waals surface area contributed by atoms with Gasteiger partial charge in [0.15, 0.2) is 0 Å². The molecule has 0 spiro atoms. The molecule has 28 heavy (non-hydrogen) atoms. The monoisotopic (exact) mass is 424 g/mol. The minimum atomic E-state index is -0.905. The van der Waals surface area contributed by atoms with Crippen LogP contribution in [0.4, 0.5) is 0 Å². The number of carboxylic acids is 1. The van der Waals surface area contributed by atoms with Crippen LogP contribution in [0.3, 0.4) is 0 Å². The number of carbonyl (C=O) groups is 3. The molecule has 4 N–H and O–H groups in total. The van der Waals surface area contributed by atoms with Gasteiger partial charge in [-0.05, 0) is 31.1 Å². The van der Waals surface area contributed by atoms with Crippen LogP contribution in [-0.2, 0) is 14.4 Å². The number of carboxylic acid groups (broad SMARTS) is 1. The van der Waals surface area contributed by atoms with Crippen LogP contribution >= 0.6 is 24.0 Å². The number of aromatic hydroxyl groups is 2. The fourth-order valence-electron chi connectivity index (χ4n) is 2.44. The number of phenols is 2. The molecule has 1 aromatic carbocycles. The number of thiocarbonyl (C=S) groups is 1. The molecule has 2 amide bonds. The molecule has 1 aliphatic heterocycles. The molecule has 1 aromatic rings. The second-order valence-electron chi connectivity index (χ2n) is 6.03. The summed E-state index contributed by atoms with van der Waals surface area (Å²) in [5.74, 6) is -1.64. The van der Waals surface area contributed by atoms with Crippen LogP contribution in [-0.4, -0.2) is 55.4 Å². The Kier molecular flexibility index (Phi) is 7.82. The number of thioether (sulfide) groups is 1. The lowest BCUT2D eigenvalue weighted by Gasteiger charge is -2.14. The molecule has 1 aliphatic rings. The van der Waals surface area contributed by atoms with Crippen molar-refractivity contribution < 1.29 is 29.7 Å². The summed E-state index contributed by atoms with van der Waals surface area (Å²) in [5.41, 5.74) is 0.388. The van der Waals surface area contributed by atoms with E-state index in [1.807, 2.05) is 0 Å². The van der Waals surface area contributed by atoms with Crippen LogP contribution in [0.2, 0.25) is 0 Å². The summed E-state index contributed by atoms with van der Waals surface area (Å²) in [5, 5.41) is 30.3. The smallest absolute Gasteiger partial charge is 0.303 e. The van der Waals surface area contributed by atoms with E-state index in [1.54, 1.807) is 0 Å². The van der Waals surface area contributed by atoms with Gasteiger partial charge in [0.2, 0.25) is 5.91 Å². The summed E-state index contributed by atoms with van der Waals surface area (Å²) in [6.07, 6.45) is 2.48. The first-order valence-electron chi connectivity index (χ1n) is 8.54. The number of rotatable bonds is 9. The largest absolute Gasteiger partial charge is 0.508 e. The van der Waals surface area contributed by atoms with Gasteiger partial charge >= 0.3 is 5.97 Å². The molecule has 0 bridgehead atoms. The summed E-state index contributed by atoms with van der Waals surface area (Å²) in [6, 6.07) is 4.08. The third-order valence-electron chi connectivity index (χ3n) is 3.85. The van der Waals surface area contributed by atoms with E-state index in [0.29, 0.717) is 34.2 Å². The third-order valence-corrected chi connectivity index (χ3v) is 5.23. The fourth-order valence-corrected chi connectivity index (χ4v) is 3.74. The maximum Gasteiger partial charge on any atom is 0.303 e. The molecule has 0 aromatic heterocycles. The van der Waals surface area contributed by atoms with Gasteiger partial charge in [-0.3, -0.25) is 19.3 Å². The van der Waals surface area contributed by atoms with Crippen LogP contribution in [0.25, 0.3) is 6.08 Å². The van der Waals surface area contributed by atoms with Crippen molar-refractivity contribution in [3.8, 4) is 11.5 Å². The molecule has 1 heterocycles. The number of phenolic OH excluding ortho intramolecular Hbond substituents is 2. The van der Waals surface area contributed by atoms with Gasteiger partial charge in [0.05, 0.1) is 4.91 Å². The van der Waals surface area contributed by atoms with Gasteiger partial charge in [-0.25, -0.2) is 0 Å². The zero-order chi connectivity index (χ0) is 20.7. The normalized spacial score (nSPS) is 15.3. The van der Waals surface area contributed by atoms with Gasteiger partial charge < -0.3 is 20.6 Å². The standard InChI is InChI=1S/C18H20N2O6S2/c21-12-6-5-11(13(22)10-12)9-14-17(26)20(18(27)28-14)8-2-3-15(23)19-7-1-4-16(24)25/h5-6,9-10,21-22H,1-4,7-8H2,(H,19,23)(H,24,25)/b14-9-. The molecule has 2 rings (SSSR count). The van der Waals surface area contributed by atoms with E-state index in [2.05, 4.69) is 5.32 Å². The van der Waals surface area contributed by atoms with E-state index in [-0.39, 0.29) is 42.7 Å². The zero-order valence-electron chi connectivity index (χ0n) is 14.9. The first-order valence-corrected chi connectivity index (χ1v) is 9.76. The molecule has 0 unspecified atom stereocenters. The van der Waals surface area contributed by atoms with Crippen molar-refractivity contribution in [3.63, 3.8) is 0 Å². The Balaban J connectivity index is 1.84. The highest BCUT2D eigenvalue weighted by Crippen LogP contribution is 2.34. The molecule has 150 valence electrons. The Hall–Kier alpha value is -2.59. The zero-order valence-corrected chi connectivity index (χ0v) is 16.5. The van der Waals surface area contributed by atoms with Crippen molar-refractivity contribution in [2.45, 2.75) is 25.7 Å². The highest BCUT2D eigenvalue weighted by Gasteiger charge is 2.31. The van der Waals surface area contributed by atoms with Crippen LogP contribution in [0.15, 0.2) is 23.1 Å². The third kappa shape index (κ3) is 6.24. The Morgan fingerprint density at radius 2 is 1.96 bits per heavy atom. The van der Waals surface area contributed by atoms with E-state index >= 15 is 0 Å². The quantitative estimate of drug-likeness (QED) is 0.270. The van der Waals surface area contributed by atoms with Crippen LogP contribution in [0, 0.1) is 0 Å². The molecular weight excluding hydrogens is 404 g/mol. The lowest BCUT2D eigenvalue weighted by Crippen LogP contribution is -2.31. The van der Waals surface area contributed by atoms with Gasteiger partial charge in [-0.15, -0.1) is 0 Å². The predicted molar refractivity (Wildman–Crippen MR) is 109 cm³/mol. The molecule has 0 saturated carbocycles. The number of nitrogens with zero attached hydrogens (tertiary/aromatic N) is 1. The van der Waals surface area contributed by atoms with Crippen LogP contribution < -0.4 is 5.32 Å². The van der Waals surface area contributed by atoms with Gasteiger partial charge in [-0.1, -0.05) is 24.0 Å². The Morgan fingerprint density at radius 1 is 1.21 bits per heavy atom. The van der Waals surface area contributed by atoms with E-state index in [1.165, 1.54) is 29.2 Å². The van der Waals surface area contributed by atoms with Gasteiger partial charge in [-0.2, -0.15) is 0 Å². The molecule has 0 atom stereocenters. The molecule has 0 radical (unpaired) electrons. The second kappa shape index (κ2) is 10.1. The number of carbonyl (C=O) groups excluding carboxylic acids is 2. The number of amides is 2. The molecule has 10 heteroatoms. The number of nitrogens with one attached hydrogen (secondary N) is 1. The predicted octanol–water partition coefficient (Wildman–Crippen LogP) is 2.06. The maximum absolute atomic E-state index is 12.5. The molecule has 1 fully saturated rings. The lowest BCUT2D eigenvalue weighted by atomic mass is 10.1. The summed E-state index contributed by atoms with van der Waals surface area (Å²) in [6.45, 7) is 0.581. The summed E-state index contributed by atoms with van der Waals surface area (Å²) >= 11 is 6.33. The number of benzene rings is 1. The summed E-state index contributed by atoms with van der Waals surface area (Å²) in [4.78, 5) is 36.4. The van der Waals surface area contributed by atoms with E-state index in [9.17, 15) is 24.6 Å². The minimum absolute atomic E-state index is 0.000248. The van der Waals surface area contributed by atoms with E-state index in [0.717, 1.165) is 11.8 Å². The Morgan fingerprint density at radius 3 is 2.64 bits per heavy atom. The van der Waals surface area contributed by atoms with E-state index in [4.69, 9.17) is 17.3 Å². The van der Waals surface area contributed by atoms with Crippen LogP contribution in [0.5, 0.6) is 11.5 Å². The van der Waals surface area contributed by atoms with Crippen molar-refractivity contribution >= 4 is 52.2 Å². The van der Waals surface area contributed by atoms with E-state index < -0.39 is 5.97 Å². The number of aliphatic carboxylic acids is 1. The Bertz CT molecular complexity index is 824. The highest BCUT2D eigenvalue weighted by molar-refractivity contribution is 8.26. The lowest BCUT2D eigenvalue weighted by molar-refractivity contribution is -0.137. The molecule has 1 saturated heterocycles. The molecular formula is C18H20N2O6S2. The maximum atomic E-state index is 12.5. The minimum Gasteiger partial charge on any atom is -0.508 e. The second-order valence-corrected chi connectivity index (χ2v) is 7.70. The van der Waals surface area contributed by atoms with Crippen molar-refractivity contribution in [2.24, 2.45) is 0 Å². The highest BCUT2D eigenvalue weighted by atomic mass is 32.2. The van der Waals surface area contributed by atoms with Crippen molar-refractivity contribution in [1.82, 2.24) is 10.2 Å².